The number of amides is 3. The first kappa shape index (κ1) is 34.1. The number of ether oxygens (including phenoxy) is 1. The highest BCUT2D eigenvalue weighted by Gasteiger charge is 2.26. The Morgan fingerprint density at radius 2 is 1.74 bits per heavy atom. The van der Waals surface area contributed by atoms with Crippen molar-refractivity contribution in [3.63, 3.8) is 0 Å². The van der Waals surface area contributed by atoms with E-state index < -0.39 is 0 Å². The van der Waals surface area contributed by atoms with Crippen LogP contribution >= 0.6 is 0 Å². The van der Waals surface area contributed by atoms with Crippen molar-refractivity contribution in [2.45, 2.75) is 13.8 Å². The average Bonchev–Trinajstić information content (AvgIpc) is 3.42. The molecule has 12 nitrogen and oxygen atoms in total. The number of methoxy groups -OCH3 is 1. The minimum Gasteiger partial charge on any atom is -0.404 e. The van der Waals surface area contributed by atoms with Crippen LogP contribution in [-0.4, -0.2) is 115 Å². The smallest absolute Gasteiger partial charge is 0.291 e. The Morgan fingerprint density at radius 3 is 2.35 bits per heavy atom. The van der Waals surface area contributed by atoms with Crippen molar-refractivity contribution in [1.82, 2.24) is 24.3 Å². The first-order chi connectivity index (χ1) is 22.0. The molecule has 0 saturated carbocycles. The summed E-state index contributed by atoms with van der Waals surface area (Å²) >= 11 is 0. The third-order valence-electron chi connectivity index (χ3n) is 7.97. The van der Waals surface area contributed by atoms with Crippen LogP contribution in [-0.2, 0) is 16.6 Å². The molecule has 1 aliphatic heterocycles. The molecule has 0 unspecified atom stereocenters. The number of piperazine rings is 1. The zero-order valence-corrected chi connectivity index (χ0v) is 27.5. The van der Waals surface area contributed by atoms with Gasteiger partial charge in [0.05, 0.1) is 31.6 Å². The second-order valence-electron chi connectivity index (χ2n) is 11.5. The molecule has 4 rings (SSSR count). The third kappa shape index (κ3) is 8.06. The fraction of sp³-hybridized carbons (Fsp3) is 0.382. The van der Waals surface area contributed by atoms with E-state index in [2.05, 4.69) is 15.3 Å². The largest absolute Gasteiger partial charge is 0.404 e. The molecule has 2 aromatic carbocycles. The standard InChI is InChI=1S/C34H44N8O4/c1-23-19-27(11-12-28(23)34(45)42-16-14-41(15-17-42)31(43)22-39(3)4)38-33(44)32-37-21-30(40(32)5)26-9-7-25(8-10-26)29(20-35)24(2)36-13-18-46-6/h7-12,19-21H,13-18,22,35H2,1-6H3,(H,38,44)/b29-20+,36-24?. The Bertz CT molecular complexity index is 1620. The lowest BCUT2D eigenvalue weighted by Gasteiger charge is -2.35. The fourth-order valence-electron chi connectivity index (χ4n) is 5.39. The summed E-state index contributed by atoms with van der Waals surface area (Å²) in [4.78, 5) is 53.2. The molecular weight excluding hydrogens is 584 g/mol. The number of anilines is 1. The fourth-order valence-corrected chi connectivity index (χ4v) is 5.39. The number of nitrogens with zero attached hydrogens (tertiary/aromatic N) is 6. The van der Waals surface area contributed by atoms with Crippen LogP contribution in [0, 0.1) is 6.92 Å². The molecule has 0 aliphatic carbocycles. The van der Waals surface area contributed by atoms with E-state index in [0.29, 0.717) is 57.1 Å². The average molecular weight is 629 g/mol. The molecule has 0 spiro atoms. The van der Waals surface area contributed by atoms with Gasteiger partial charge in [-0.25, -0.2) is 4.98 Å². The van der Waals surface area contributed by atoms with Crippen LogP contribution in [0.1, 0.15) is 39.0 Å². The molecular formula is C34H44N8O4. The van der Waals surface area contributed by atoms with E-state index in [1.165, 1.54) is 0 Å². The van der Waals surface area contributed by atoms with Crippen LogP contribution in [0.2, 0.25) is 0 Å². The maximum Gasteiger partial charge on any atom is 0.291 e. The number of aromatic nitrogens is 2. The zero-order chi connectivity index (χ0) is 33.4. The number of imidazole rings is 1. The molecule has 0 atom stereocenters. The predicted octanol–water partition coefficient (Wildman–Crippen LogP) is 2.90. The predicted molar refractivity (Wildman–Crippen MR) is 181 cm³/mol. The molecule has 0 bridgehead atoms. The number of aryl methyl sites for hydroxylation is 1. The van der Waals surface area contributed by atoms with Crippen LogP contribution in [0.15, 0.2) is 59.9 Å². The molecule has 1 fully saturated rings. The van der Waals surface area contributed by atoms with Crippen LogP contribution in [0.5, 0.6) is 0 Å². The second-order valence-corrected chi connectivity index (χ2v) is 11.5. The topological polar surface area (TPSA) is 138 Å². The number of rotatable bonds is 11. The van der Waals surface area contributed by atoms with Gasteiger partial charge in [0.2, 0.25) is 5.91 Å². The van der Waals surface area contributed by atoms with E-state index in [1.807, 2.05) is 57.1 Å². The van der Waals surface area contributed by atoms with E-state index >= 15 is 0 Å². The summed E-state index contributed by atoms with van der Waals surface area (Å²) in [5.74, 6) is -0.131. The lowest BCUT2D eigenvalue weighted by atomic mass is 10.0. The number of likely N-dealkylation sites (N-methyl/N-ethyl adjacent to an activating group) is 1. The van der Waals surface area contributed by atoms with Crippen LogP contribution in [0.4, 0.5) is 5.69 Å². The summed E-state index contributed by atoms with van der Waals surface area (Å²) in [7, 11) is 7.16. The molecule has 1 saturated heterocycles. The van der Waals surface area contributed by atoms with Gasteiger partial charge >= 0.3 is 0 Å². The van der Waals surface area contributed by atoms with Crippen LogP contribution in [0.25, 0.3) is 16.8 Å². The quantitative estimate of drug-likeness (QED) is 0.246. The number of benzene rings is 2. The highest BCUT2D eigenvalue weighted by atomic mass is 16.5. The summed E-state index contributed by atoms with van der Waals surface area (Å²) < 4.78 is 6.82. The molecule has 1 aliphatic rings. The van der Waals surface area contributed by atoms with E-state index in [9.17, 15) is 14.4 Å². The van der Waals surface area contributed by atoms with E-state index in [4.69, 9.17) is 10.5 Å². The van der Waals surface area contributed by atoms with E-state index in [-0.39, 0.29) is 23.5 Å². The van der Waals surface area contributed by atoms with Gasteiger partial charge < -0.3 is 35.1 Å². The third-order valence-corrected chi connectivity index (χ3v) is 7.97. The second kappa shape index (κ2) is 15.5. The Hall–Kier alpha value is -4.81. The van der Waals surface area contributed by atoms with Gasteiger partial charge in [0.15, 0.2) is 5.82 Å². The van der Waals surface area contributed by atoms with Gasteiger partial charge in [-0.05, 0) is 62.8 Å². The molecule has 12 heteroatoms. The Morgan fingerprint density at radius 1 is 1.07 bits per heavy atom. The molecule has 3 N–H and O–H groups in total. The van der Waals surface area contributed by atoms with Crippen LogP contribution in [0.3, 0.4) is 0 Å². The van der Waals surface area contributed by atoms with Gasteiger partial charge in [-0.1, -0.05) is 24.3 Å². The Balaban J connectivity index is 1.39. The highest BCUT2D eigenvalue weighted by Crippen LogP contribution is 2.25. The minimum absolute atomic E-state index is 0.0650. The molecule has 3 amide bonds. The summed E-state index contributed by atoms with van der Waals surface area (Å²) in [6.45, 7) is 7.19. The van der Waals surface area contributed by atoms with Gasteiger partial charge in [0.25, 0.3) is 11.8 Å². The lowest BCUT2D eigenvalue weighted by molar-refractivity contribution is -0.133. The molecule has 46 heavy (non-hydrogen) atoms. The Kier molecular flexibility index (Phi) is 11.4. The highest BCUT2D eigenvalue weighted by molar-refractivity contribution is 6.22. The number of allylic oxidation sites excluding steroid dienone is 1. The van der Waals surface area contributed by atoms with Crippen molar-refractivity contribution in [3.05, 3.63) is 77.4 Å². The monoisotopic (exact) mass is 628 g/mol. The van der Waals surface area contributed by atoms with Crippen molar-refractivity contribution in [1.29, 1.82) is 0 Å². The van der Waals surface area contributed by atoms with Crippen molar-refractivity contribution in [2.24, 2.45) is 17.8 Å². The zero-order valence-electron chi connectivity index (χ0n) is 27.5. The van der Waals surface area contributed by atoms with Gasteiger partial charge in [-0.2, -0.15) is 0 Å². The number of carbonyl (C=O) groups excluding carboxylic acids is 3. The van der Waals surface area contributed by atoms with E-state index in [1.54, 1.807) is 59.1 Å². The molecule has 2 heterocycles. The first-order valence-corrected chi connectivity index (χ1v) is 15.2. The van der Waals surface area contributed by atoms with Gasteiger partial charge in [0, 0.05) is 69.1 Å². The van der Waals surface area contributed by atoms with Gasteiger partial charge in [0.1, 0.15) is 0 Å². The molecule has 1 aromatic heterocycles. The van der Waals surface area contributed by atoms with Crippen molar-refractivity contribution in [2.75, 3.05) is 72.4 Å². The Labute approximate surface area is 270 Å². The number of aliphatic imine (C=N–C) groups is 1. The maximum absolute atomic E-state index is 13.3. The van der Waals surface area contributed by atoms with Crippen LogP contribution < -0.4 is 11.1 Å². The number of nitrogens with one attached hydrogen (secondary N) is 1. The summed E-state index contributed by atoms with van der Waals surface area (Å²) in [5, 5.41) is 2.91. The molecule has 0 radical (unpaired) electrons. The van der Waals surface area contributed by atoms with E-state index in [0.717, 1.165) is 33.7 Å². The summed E-state index contributed by atoms with van der Waals surface area (Å²) in [6.07, 6.45) is 3.22. The minimum atomic E-state index is -0.362. The van der Waals surface area contributed by atoms with Crippen molar-refractivity contribution >= 4 is 34.7 Å². The van der Waals surface area contributed by atoms with Crippen molar-refractivity contribution < 1.29 is 19.1 Å². The number of hydrogen-bond donors (Lipinski definition) is 2. The molecule has 244 valence electrons. The summed E-state index contributed by atoms with van der Waals surface area (Å²) in [5.41, 5.74) is 12.1. The van der Waals surface area contributed by atoms with Gasteiger partial charge in [-0.15, -0.1) is 0 Å². The lowest BCUT2D eigenvalue weighted by Crippen LogP contribution is -2.52. The number of hydrogen-bond acceptors (Lipinski definition) is 8. The normalized spacial score (nSPS) is 14.2. The maximum atomic E-state index is 13.3. The summed E-state index contributed by atoms with van der Waals surface area (Å²) in [6, 6.07) is 13.1. The molecule has 3 aromatic rings. The first-order valence-electron chi connectivity index (χ1n) is 15.2. The SMILES string of the molecule is COCCN=C(C)/C(=C\N)c1ccc(-c2cnc(C(=O)Nc3ccc(C(=O)N4CCN(C(=O)CN(C)C)CC4)c(C)c3)n2C)cc1. The van der Waals surface area contributed by atoms with Crippen molar-refractivity contribution in [3.8, 4) is 11.3 Å². The number of carbonyl (C=O) groups is 3. The van der Waals surface area contributed by atoms with Gasteiger partial charge in [-0.3, -0.25) is 19.4 Å². The number of nitrogens with two attached hydrogens (primary N) is 1.